The van der Waals surface area contributed by atoms with Gasteiger partial charge in [0.1, 0.15) is 5.02 Å². The Labute approximate surface area is 174 Å². The number of sulfonamides is 1. The summed E-state index contributed by atoms with van der Waals surface area (Å²) in [6.07, 6.45) is 2.62. The van der Waals surface area contributed by atoms with Crippen LogP contribution in [0.2, 0.25) is 5.02 Å². The van der Waals surface area contributed by atoms with Crippen molar-refractivity contribution >= 4 is 27.3 Å². The van der Waals surface area contributed by atoms with Gasteiger partial charge < -0.3 is 4.42 Å². The SMILES string of the molecule is CC(C)(C)c1nnc(C2CCC(NS(=O)(=O)c3ccc(Cl)c([N+](=O)[O-])c3)CC2)o1. The predicted molar refractivity (Wildman–Crippen MR) is 106 cm³/mol. The number of hydrogen-bond donors (Lipinski definition) is 1. The Morgan fingerprint density at radius 1 is 1.21 bits per heavy atom. The molecule has 0 radical (unpaired) electrons. The quantitative estimate of drug-likeness (QED) is 0.548. The largest absolute Gasteiger partial charge is 0.424 e. The molecule has 11 heteroatoms. The van der Waals surface area contributed by atoms with Gasteiger partial charge in [-0.2, -0.15) is 0 Å². The minimum Gasteiger partial charge on any atom is -0.424 e. The van der Waals surface area contributed by atoms with E-state index in [4.69, 9.17) is 16.0 Å². The molecular formula is C18H23ClN4O5S. The highest BCUT2D eigenvalue weighted by Gasteiger charge is 2.31. The van der Waals surface area contributed by atoms with Crippen LogP contribution < -0.4 is 4.72 Å². The Kier molecular flexibility index (Phi) is 5.98. The molecule has 1 fully saturated rings. The van der Waals surface area contributed by atoms with Gasteiger partial charge in [0, 0.05) is 23.4 Å². The van der Waals surface area contributed by atoms with Crippen molar-refractivity contribution in [1.29, 1.82) is 0 Å². The van der Waals surface area contributed by atoms with E-state index in [0.29, 0.717) is 37.5 Å². The lowest BCUT2D eigenvalue weighted by atomic mass is 9.86. The van der Waals surface area contributed by atoms with E-state index in [1.54, 1.807) is 0 Å². The van der Waals surface area contributed by atoms with Crippen LogP contribution in [-0.4, -0.2) is 29.6 Å². The van der Waals surface area contributed by atoms with Gasteiger partial charge in [-0.15, -0.1) is 10.2 Å². The van der Waals surface area contributed by atoms with Gasteiger partial charge in [0.15, 0.2) is 0 Å². The van der Waals surface area contributed by atoms with E-state index in [1.807, 2.05) is 20.8 Å². The molecule has 1 saturated carbocycles. The molecule has 9 nitrogen and oxygen atoms in total. The first-order valence-corrected chi connectivity index (χ1v) is 11.1. The van der Waals surface area contributed by atoms with Crippen molar-refractivity contribution in [3.8, 4) is 0 Å². The number of aromatic nitrogens is 2. The molecule has 1 aliphatic rings. The predicted octanol–water partition coefficient (Wildman–Crippen LogP) is 3.93. The molecule has 3 rings (SSSR count). The molecule has 2 aromatic rings. The van der Waals surface area contributed by atoms with Crippen LogP contribution in [0.4, 0.5) is 5.69 Å². The standard InChI is InChI=1S/C18H23ClN4O5S/c1-18(2,3)17-21-20-16(28-17)11-4-6-12(7-5-11)22-29(26,27)13-8-9-14(19)15(10-13)23(24)25/h8-12,22H,4-7H2,1-3H3. The van der Waals surface area contributed by atoms with Crippen LogP contribution in [0.1, 0.15) is 64.2 Å². The van der Waals surface area contributed by atoms with Crippen LogP contribution in [0.5, 0.6) is 0 Å². The summed E-state index contributed by atoms with van der Waals surface area (Å²) in [5, 5.41) is 19.2. The zero-order chi connectivity index (χ0) is 21.4. The van der Waals surface area contributed by atoms with Crippen LogP contribution in [0, 0.1) is 10.1 Å². The smallest absolute Gasteiger partial charge is 0.289 e. The van der Waals surface area contributed by atoms with Crippen molar-refractivity contribution < 1.29 is 17.8 Å². The topological polar surface area (TPSA) is 128 Å². The summed E-state index contributed by atoms with van der Waals surface area (Å²) in [4.78, 5) is 10.1. The van der Waals surface area contributed by atoms with Crippen LogP contribution in [0.15, 0.2) is 27.5 Å². The number of hydrogen-bond acceptors (Lipinski definition) is 7. The zero-order valence-corrected chi connectivity index (χ0v) is 18.0. The van der Waals surface area contributed by atoms with E-state index in [-0.39, 0.29) is 27.3 Å². The van der Waals surface area contributed by atoms with E-state index in [2.05, 4.69) is 14.9 Å². The first kappa shape index (κ1) is 21.7. The number of rotatable bonds is 5. The summed E-state index contributed by atoms with van der Waals surface area (Å²) in [6.45, 7) is 5.99. The lowest BCUT2D eigenvalue weighted by molar-refractivity contribution is -0.384. The molecular weight excluding hydrogens is 420 g/mol. The third-order valence-electron chi connectivity index (χ3n) is 4.91. The lowest BCUT2D eigenvalue weighted by Crippen LogP contribution is -2.37. The molecule has 1 aromatic heterocycles. The Bertz CT molecular complexity index is 1010. The minimum atomic E-state index is -3.89. The van der Waals surface area contributed by atoms with Crippen molar-refractivity contribution in [3.63, 3.8) is 0 Å². The maximum atomic E-state index is 12.6. The highest BCUT2D eigenvalue weighted by Crippen LogP contribution is 2.34. The van der Waals surface area contributed by atoms with Crippen molar-refractivity contribution in [2.24, 2.45) is 0 Å². The van der Waals surface area contributed by atoms with Gasteiger partial charge in [-0.3, -0.25) is 10.1 Å². The Morgan fingerprint density at radius 2 is 1.86 bits per heavy atom. The molecule has 0 atom stereocenters. The van der Waals surface area contributed by atoms with Gasteiger partial charge in [-0.1, -0.05) is 32.4 Å². The summed E-state index contributed by atoms with van der Waals surface area (Å²) in [5.41, 5.74) is -0.663. The molecule has 1 aromatic carbocycles. The zero-order valence-electron chi connectivity index (χ0n) is 16.4. The molecule has 158 valence electrons. The molecule has 0 amide bonds. The van der Waals surface area contributed by atoms with Gasteiger partial charge in [0.25, 0.3) is 5.69 Å². The van der Waals surface area contributed by atoms with Gasteiger partial charge in [0.2, 0.25) is 21.8 Å². The van der Waals surface area contributed by atoms with Crippen molar-refractivity contribution in [2.75, 3.05) is 0 Å². The van der Waals surface area contributed by atoms with E-state index in [1.165, 1.54) is 12.1 Å². The normalized spacial score (nSPS) is 20.6. The van der Waals surface area contributed by atoms with Gasteiger partial charge in [0.05, 0.1) is 9.82 Å². The third-order valence-corrected chi connectivity index (χ3v) is 6.74. The Hall–Kier alpha value is -2.04. The monoisotopic (exact) mass is 442 g/mol. The molecule has 1 heterocycles. The average Bonchev–Trinajstić information content (AvgIpc) is 3.12. The van der Waals surface area contributed by atoms with Gasteiger partial charge in [-0.25, -0.2) is 13.1 Å². The second-order valence-corrected chi connectivity index (χ2v) is 10.4. The van der Waals surface area contributed by atoms with Crippen LogP contribution in [0.25, 0.3) is 0 Å². The molecule has 0 unspecified atom stereocenters. The van der Waals surface area contributed by atoms with Crippen molar-refractivity contribution in [3.05, 3.63) is 45.1 Å². The van der Waals surface area contributed by atoms with Gasteiger partial charge >= 0.3 is 0 Å². The lowest BCUT2D eigenvalue weighted by Gasteiger charge is -2.27. The van der Waals surface area contributed by atoms with Gasteiger partial charge in [-0.05, 0) is 37.8 Å². The molecule has 29 heavy (non-hydrogen) atoms. The minimum absolute atomic E-state index is 0.0935. The van der Waals surface area contributed by atoms with Crippen LogP contribution in [0.3, 0.4) is 0 Å². The summed E-state index contributed by atoms with van der Waals surface area (Å²) in [6, 6.07) is 3.18. The number of nitro benzene ring substituents is 1. The molecule has 0 spiro atoms. The summed E-state index contributed by atoms with van der Waals surface area (Å²) < 4.78 is 33.7. The van der Waals surface area contributed by atoms with E-state index in [9.17, 15) is 18.5 Å². The second kappa shape index (κ2) is 8.00. The molecule has 1 N–H and O–H groups in total. The number of halogens is 1. The first-order valence-electron chi connectivity index (χ1n) is 9.27. The van der Waals surface area contributed by atoms with E-state index >= 15 is 0 Å². The molecule has 0 saturated heterocycles. The Morgan fingerprint density at radius 3 is 2.41 bits per heavy atom. The number of nitro groups is 1. The van der Waals surface area contributed by atoms with Crippen LogP contribution >= 0.6 is 11.6 Å². The Balaban J connectivity index is 1.65. The molecule has 0 aliphatic heterocycles. The van der Waals surface area contributed by atoms with Crippen molar-refractivity contribution in [2.45, 2.75) is 68.7 Å². The number of nitrogens with zero attached hydrogens (tertiary/aromatic N) is 3. The molecule has 0 bridgehead atoms. The fraction of sp³-hybridized carbons (Fsp3) is 0.556. The van der Waals surface area contributed by atoms with E-state index < -0.39 is 20.6 Å². The maximum absolute atomic E-state index is 12.6. The molecule has 1 aliphatic carbocycles. The highest BCUT2D eigenvalue weighted by atomic mass is 35.5. The number of benzene rings is 1. The number of nitrogens with one attached hydrogen (secondary N) is 1. The summed E-state index contributed by atoms with van der Waals surface area (Å²) in [5.74, 6) is 1.26. The fourth-order valence-corrected chi connectivity index (χ4v) is 4.76. The highest BCUT2D eigenvalue weighted by molar-refractivity contribution is 7.89. The van der Waals surface area contributed by atoms with Crippen molar-refractivity contribution in [1.82, 2.24) is 14.9 Å². The second-order valence-electron chi connectivity index (χ2n) is 8.24. The van der Waals surface area contributed by atoms with Crippen LogP contribution in [-0.2, 0) is 15.4 Å². The average molecular weight is 443 g/mol. The first-order chi connectivity index (χ1) is 13.5. The summed E-state index contributed by atoms with van der Waals surface area (Å²) in [7, 11) is -3.89. The van der Waals surface area contributed by atoms with E-state index in [0.717, 1.165) is 6.07 Å². The summed E-state index contributed by atoms with van der Waals surface area (Å²) >= 11 is 5.76. The third kappa shape index (κ3) is 4.93. The fourth-order valence-electron chi connectivity index (χ4n) is 3.25. The maximum Gasteiger partial charge on any atom is 0.289 e.